The van der Waals surface area contributed by atoms with Crippen molar-refractivity contribution in [2.45, 2.75) is 33.0 Å². The second-order valence-corrected chi connectivity index (χ2v) is 7.33. The summed E-state index contributed by atoms with van der Waals surface area (Å²) in [6, 6.07) is 4.20. The SMILES string of the molecule is CNCCN(C)Cc1n[nH]cc1-c1ccc(OCCC(C)C)c(C(F)(F)F)c1. The van der Waals surface area contributed by atoms with Crippen LogP contribution in [0.2, 0.25) is 0 Å². The molecule has 156 valence electrons. The molecule has 0 saturated carbocycles. The maximum Gasteiger partial charge on any atom is 0.419 e. The molecule has 0 bridgehead atoms. The average molecular weight is 398 g/mol. The predicted octanol–water partition coefficient (Wildman–Crippen LogP) is 4.17. The van der Waals surface area contributed by atoms with Crippen LogP contribution in [-0.4, -0.2) is 48.9 Å². The predicted molar refractivity (Wildman–Crippen MR) is 104 cm³/mol. The Morgan fingerprint density at radius 1 is 1.29 bits per heavy atom. The molecule has 0 aliphatic carbocycles. The van der Waals surface area contributed by atoms with E-state index >= 15 is 0 Å². The van der Waals surface area contributed by atoms with Crippen molar-refractivity contribution >= 4 is 0 Å². The number of H-pyrrole nitrogens is 1. The molecule has 0 radical (unpaired) electrons. The molecular weight excluding hydrogens is 369 g/mol. The van der Waals surface area contributed by atoms with Crippen LogP contribution >= 0.6 is 0 Å². The van der Waals surface area contributed by atoms with Crippen LogP contribution in [0, 0.1) is 5.92 Å². The summed E-state index contributed by atoms with van der Waals surface area (Å²) >= 11 is 0. The number of nitrogens with zero attached hydrogens (tertiary/aromatic N) is 2. The lowest BCUT2D eigenvalue weighted by atomic mass is 10.0. The van der Waals surface area contributed by atoms with E-state index in [1.54, 1.807) is 12.3 Å². The van der Waals surface area contributed by atoms with Gasteiger partial charge in [0.05, 0.1) is 17.9 Å². The van der Waals surface area contributed by atoms with Crippen molar-refractivity contribution in [3.8, 4) is 16.9 Å². The number of aromatic nitrogens is 2. The quantitative estimate of drug-likeness (QED) is 0.631. The van der Waals surface area contributed by atoms with Gasteiger partial charge in [-0.25, -0.2) is 0 Å². The van der Waals surface area contributed by atoms with Gasteiger partial charge in [-0.3, -0.25) is 10.00 Å². The number of aromatic amines is 1. The Balaban J connectivity index is 2.26. The van der Waals surface area contributed by atoms with Crippen molar-refractivity contribution in [1.82, 2.24) is 20.4 Å². The van der Waals surface area contributed by atoms with Crippen molar-refractivity contribution in [3.63, 3.8) is 0 Å². The minimum atomic E-state index is -4.49. The molecule has 5 nitrogen and oxygen atoms in total. The first kappa shape index (κ1) is 22.2. The van der Waals surface area contributed by atoms with Crippen LogP contribution in [0.4, 0.5) is 13.2 Å². The van der Waals surface area contributed by atoms with Gasteiger partial charge < -0.3 is 10.1 Å². The number of nitrogens with one attached hydrogen (secondary N) is 2. The van der Waals surface area contributed by atoms with E-state index in [0.717, 1.165) is 19.2 Å². The largest absolute Gasteiger partial charge is 0.493 e. The maximum absolute atomic E-state index is 13.6. The third kappa shape index (κ3) is 6.24. The monoisotopic (exact) mass is 398 g/mol. The number of ether oxygens (including phenoxy) is 1. The summed E-state index contributed by atoms with van der Waals surface area (Å²) in [7, 11) is 3.82. The van der Waals surface area contributed by atoms with Gasteiger partial charge in [-0.2, -0.15) is 18.3 Å². The van der Waals surface area contributed by atoms with Crippen LogP contribution in [0.25, 0.3) is 11.1 Å². The number of alkyl halides is 3. The Morgan fingerprint density at radius 2 is 2.04 bits per heavy atom. The van der Waals surface area contributed by atoms with Crippen molar-refractivity contribution < 1.29 is 17.9 Å². The molecule has 0 spiro atoms. The molecule has 0 unspecified atom stereocenters. The number of likely N-dealkylation sites (N-methyl/N-ethyl adjacent to an activating group) is 2. The van der Waals surface area contributed by atoms with E-state index < -0.39 is 11.7 Å². The standard InChI is InChI=1S/C20H29F3N4O/c1-14(2)7-10-28-19-6-5-15(11-17(19)20(21,22)23)16-12-25-26-18(16)13-27(4)9-8-24-3/h5-6,11-12,14,24H,7-10,13H2,1-4H3,(H,25,26). The van der Waals surface area contributed by atoms with Crippen molar-refractivity contribution in [2.75, 3.05) is 33.8 Å². The van der Waals surface area contributed by atoms with Gasteiger partial charge >= 0.3 is 6.18 Å². The fourth-order valence-electron chi connectivity index (χ4n) is 2.78. The Hall–Kier alpha value is -2.06. The highest BCUT2D eigenvalue weighted by Gasteiger charge is 2.35. The molecule has 2 N–H and O–H groups in total. The number of halogens is 3. The first-order valence-corrected chi connectivity index (χ1v) is 9.42. The number of hydrogen-bond donors (Lipinski definition) is 2. The lowest BCUT2D eigenvalue weighted by Crippen LogP contribution is -2.27. The summed E-state index contributed by atoms with van der Waals surface area (Å²) in [5.41, 5.74) is 1.08. The Morgan fingerprint density at radius 3 is 2.68 bits per heavy atom. The molecule has 1 heterocycles. The second kappa shape index (κ2) is 9.93. The summed E-state index contributed by atoms with van der Waals surface area (Å²) in [5.74, 6) is 0.232. The third-order valence-electron chi connectivity index (χ3n) is 4.43. The fourth-order valence-corrected chi connectivity index (χ4v) is 2.78. The molecule has 8 heteroatoms. The number of benzene rings is 1. The molecule has 2 aromatic rings. The van der Waals surface area contributed by atoms with Crippen LogP contribution in [0.3, 0.4) is 0 Å². The van der Waals surface area contributed by atoms with Crippen LogP contribution in [-0.2, 0) is 12.7 Å². The third-order valence-corrected chi connectivity index (χ3v) is 4.43. The first-order valence-electron chi connectivity index (χ1n) is 9.42. The van der Waals surface area contributed by atoms with Crippen LogP contribution < -0.4 is 10.1 Å². The minimum Gasteiger partial charge on any atom is -0.493 e. The fraction of sp³-hybridized carbons (Fsp3) is 0.550. The molecule has 0 atom stereocenters. The summed E-state index contributed by atoms with van der Waals surface area (Å²) in [6.07, 6.45) is -2.16. The van der Waals surface area contributed by atoms with Gasteiger partial charge in [0, 0.05) is 31.4 Å². The van der Waals surface area contributed by atoms with E-state index in [1.807, 2.05) is 27.9 Å². The highest BCUT2D eigenvalue weighted by molar-refractivity contribution is 5.67. The second-order valence-electron chi connectivity index (χ2n) is 7.33. The van der Waals surface area contributed by atoms with Gasteiger partial charge in [-0.15, -0.1) is 0 Å². The van der Waals surface area contributed by atoms with Gasteiger partial charge in [0.1, 0.15) is 5.75 Å². The molecule has 2 rings (SSSR count). The number of rotatable bonds is 10. The maximum atomic E-state index is 13.6. The zero-order valence-corrected chi connectivity index (χ0v) is 16.9. The van der Waals surface area contributed by atoms with Crippen molar-refractivity contribution in [2.24, 2.45) is 5.92 Å². The van der Waals surface area contributed by atoms with Crippen LogP contribution in [0.1, 0.15) is 31.5 Å². The Bertz CT molecular complexity index is 743. The topological polar surface area (TPSA) is 53.2 Å². The van der Waals surface area contributed by atoms with E-state index in [2.05, 4.69) is 20.4 Å². The molecule has 28 heavy (non-hydrogen) atoms. The Kier molecular flexibility index (Phi) is 7.88. The van der Waals surface area contributed by atoms with E-state index in [0.29, 0.717) is 35.7 Å². The molecule has 0 amide bonds. The zero-order chi connectivity index (χ0) is 20.7. The summed E-state index contributed by atoms with van der Waals surface area (Å²) < 4.78 is 46.2. The number of hydrogen-bond acceptors (Lipinski definition) is 4. The molecule has 1 aromatic carbocycles. The zero-order valence-electron chi connectivity index (χ0n) is 16.9. The van der Waals surface area contributed by atoms with E-state index in [9.17, 15) is 13.2 Å². The molecular formula is C20H29F3N4O. The highest BCUT2D eigenvalue weighted by Crippen LogP contribution is 2.39. The van der Waals surface area contributed by atoms with Crippen LogP contribution in [0.15, 0.2) is 24.4 Å². The van der Waals surface area contributed by atoms with Gasteiger partial charge in [-0.1, -0.05) is 19.9 Å². The minimum absolute atomic E-state index is 0.131. The normalized spacial score (nSPS) is 12.2. The van der Waals surface area contributed by atoms with Gasteiger partial charge in [0.25, 0.3) is 0 Å². The average Bonchev–Trinajstić information content (AvgIpc) is 3.07. The molecule has 0 fully saturated rings. The van der Waals surface area contributed by atoms with E-state index in [-0.39, 0.29) is 12.4 Å². The van der Waals surface area contributed by atoms with Gasteiger partial charge in [-0.05, 0) is 44.1 Å². The van der Waals surface area contributed by atoms with Gasteiger partial charge in [0.2, 0.25) is 0 Å². The molecule has 0 aliphatic rings. The summed E-state index contributed by atoms with van der Waals surface area (Å²) in [4.78, 5) is 2.06. The van der Waals surface area contributed by atoms with E-state index in [1.165, 1.54) is 6.07 Å². The smallest absolute Gasteiger partial charge is 0.419 e. The molecule has 1 aromatic heterocycles. The Labute approximate surface area is 164 Å². The highest BCUT2D eigenvalue weighted by atomic mass is 19.4. The van der Waals surface area contributed by atoms with E-state index in [4.69, 9.17) is 4.74 Å². The lowest BCUT2D eigenvalue weighted by molar-refractivity contribution is -0.138. The van der Waals surface area contributed by atoms with Crippen LogP contribution in [0.5, 0.6) is 5.75 Å². The van der Waals surface area contributed by atoms with Gasteiger partial charge in [0.15, 0.2) is 0 Å². The first-order chi connectivity index (χ1) is 13.2. The summed E-state index contributed by atoms with van der Waals surface area (Å²) in [6.45, 7) is 6.42. The van der Waals surface area contributed by atoms with Crippen molar-refractivity contribution in [1.29, 1.82) is 0 Å². The molecule has 0 aliphatic heterocycles. The summed E-state index contributed by atoms with van der Waals surface area (Å²) in [5, 5.41) is 10.1. The van der Waals surface area contributed by atoms with Crippen molar-refractivity contribution in [3.05, 3.63) is 35.7 Å². The lowest BCUT2D eigenvalue weighted by Gasteiger charge is -2.17. The molecule has 0 saturated heterocycles.